The third-order valence-electron chi connectivity index (χ3n) is 6.15. The molecule has 2 N–H and O–H groups in total. The Bertz CT molecular complexity index is 1180. The van der Waals surface area contributed by atoms with Gasteiger partial charge in [-0.05, 0) is 82.5 Å². The van der Waals surface area contributed by atoms with Crippen LogP contribution in [0.1, 0.15) is 58.1 Å². The second kappa shape index (κ2) is 13.5. The number of amides is 1. The molecule has 1 heterocycles. The molecule has 0 aromatic heterocycles. The minimum Gasteiger partial charge on any atom is -0.494 e. The predicted molar refractivity (Wildman–Crippen MR) is 152 cm³/mol. The topological polar surface area (TPSA) is 106 Å². The lowest BCUT2D eigenvalue weighted by atomic mass is 9.87. The molecule has 3 rings (SSSR count). The van der Waals surface area contributed by atoms with Crippen molar-refractivity contribution in [1.29, 1.82) is 0 Å². The van der Waals surface area contributed by atoms with Crippen LogP contribution in [0.3, 0.4) is 0 Å². The van der Waals surface area contributed by atoms with E-state index in [-0.39, 0.29) is 25.4 Å². The second-order valence-corrected chi connectivity index (χ2v) is 11.2. The number of benzene rings is 2. The molecule has 0 fully saturated rings. The minimum atomic E-state index is -1.33. The van der Waals surface area contributed by atoms with Gasteiger partial charge in [0.05, 0.1) is 6.61 Å². The summed E-state index contributed by atoms with van der Waals surface area (Å²) in [6, 6.07) is 12.4. The molecule has 1 aliphatic heterocycles. The summed E-state index contributed by atoms with van der Waals surface area (Å²) in [7, 11) is 0. The van der Waals surface area contributed by atoms with E-state index in [1.807, 2.05) is 6.07 Å². The molecular formula is C29H36Cl2N2O6. The number of hydrogen-bond donors (Lipinski definition) is 2. The number of aliphatic hydroxyl groups excluding tert-OH is 1. The van der Waals surface area contributed by atoms with Crippen LogP contribution >= 0.6 is 23.2 Å². The second-order valence-electron chi connectivity index (χ2n) is 10.4. The van der Waals surface area contributed by atoms with Crippen LogP contribution in [0, 0.1) is 0 Å². The van der Waals surface area contributed by atoms with Gasteiger partial charge in [0.25, 0.3) is 5.91 Å². The zero-order valence-corrected chi connectivity index (χ0v) is 24.3. The van der Waals surface area contributed by atoms with E-state index in [0.29, 0.717) is 53.2 Å². The maximum Gasteiger partial charge on any atom is 0.306 e. The van der Waals surface area contributed by atoms with Crippen molar-refractivity contribution in [3.8, 4) is 5.75 Å². The van der Waals surface area contributed by atoms with Crippen LogP contribution in [0.4, 0.5) is 0 Å². The van der Waals surface area contributed by atoms with Crippen LogP contribution in [0.2, 0.25) is 10.0 Å². The Kier molecular flexibility index (Phi) is 10.6. The van der Waals surface area contributed by atoms with E-state index in [4.69, 9.17) is 47.5 Å². The zero-order chi connectivity index (χ0) is 28.6. The zero-order valence-electron chi connectivity index (χ0n) is 22.8. The third-order valence-corrected chi connectivity index (χ3v) is 6.74. The standard InChI is InChI=1S/C29H36Cl2N2O6/c1-19-29(14-12-25(35)39-28(2,3)4,27(36)32-15-13-20-6-9-22(30)18-24(20)31)33-26(38-19)21-7-10-23(11-8-21)37-17-5-16-34/h6-11,18-19,34H,5,12-17H2,1-4H3,(H,32,36)/t19-,29-/m1/s1. The quantitative estimate of drug-likeness (QED) is 0.267. The van der Waals surface area contributed by atoms with Crippen LogP contribution in [-0.2, 0) is 25.5 Å². The maximum atomic E-state index is 13.6. The summed E-state index contributed by atoms with van der Waals surface area (Å²) in [4.78, 5) is 30.9. The average Bonchev–Trinajstić information content (AvgIpc) is 3.21. The molecule has 0 radical (unpaired) electrons. The maximum absolute atomic E-state index is 13.6. The highest BCUT2D eigenvalue weighted by atomic mass is 35.5. The number of carbonyl (C=O) groups is 2. The Morgan fingerprint density at radius 3 is 2.51 bits per heavy atom. The van der Waals surface area contributed by atoms with E-state index in [1.165, 1.54) is 0 Å². The van der Waals surface area contributed by atoms with Crippen molar-refractivity contribution >= 4 is 41.0 Å². The fourth-order valence-corrected chi connectivity index (χ4v) is 4.63. The Hall–Kier alpha value is -2.81. The molecule has 0 saturated heterocycles. The number of nitrogens with zero attached hydrogens (tertiary/aromatic N) is 1. The molecule has 0 saturated carbocycles. The lowest BCUT2D eigenvalue weighted by Crippen LogP contribution is -2.51. The van der Waals surface area contributed by atoms with Gasteiger partial charge in [0.1, 0.15) is 17.5 Å². The van der Waals surface area contributed by atoms with Crippen LogP contribution in [-0.4, -0.2) is 59.9 Å². The normalized spacial score (nSPS) is 18.7. The summed E-state index contributed by atoms with van der Waals surface area (Å²) in [6.07, 6.45) is 0.509. The number of aliphatic imine (C=N–C) groups is 1. The van der Waals surface area contributed by atoms with E-state index >= 15 is 0 Å². The molecule has 2 atom stereocenters. The highest BCUT2D eigenvalue weighted by Crippen LogP contribution is 2.34. The molecule has 8 nitrogen and oxygen atoms in total. The van der Waals surface area contributed by atoms with E-state index < -0.39 is 23.2 Å². The Morgan fingerprint density at radius 2 is 1.87 bits per heavy atom. The first-order chi connectivity index (χ1) is 18.4. The molecule has 0 bridgehead atoms. The molecular weight excluding hydrogens is 543 g/mol. The van der Waals surface area contributed by atoms with Crippen LogP contribution in [0.5, 0.6) is 5.75 Å². The van der Waals surface area contributed by atoms with Gasteiger partial charge in [-0.2, -0.15) is 0 Å². The number of rotatable bonds is 12. The van der Waals surface area contributed by atoms with Crippen molar-refractivity contribution < 1.29 is 28.9 Å². The van der Waals surface area contributed by atoms with Crippen LogP contribution in [0.15, 0.2) is 47.5 Å². The van der Waals surface area contributed by atoms with Crippen molar-refractivity contribution in [3.63, 3.8) is 0 Å². The molecule has 212 valence electrons. The molecule has 1 amide bonds. The summed E-state index contributed by atoms with van der Waals surface area (Å²) in [5.74, 6) is 0.198. The highest BCUT2D eigenvalue weighted by Gasteiger charge is 2.50. The Balaban J connectivity index is 1.79. The number of ether oxygens (including phenoxy) is 3. The van der Waals surface area contributed by atoms with E-state index in [9.17, 15) is 9.59 Å². The lowest BCUT2D eigenvalue weighted by Gasteiger charge is -2.28. The summed E-state index contributed by atoms with van der Waals surface area (Å²) in [6.45, 7) is 7.93. The molecule has 0 unspecified atom stereocenters. The van der Waals surface area contributed by atoms with E-state index in [0.717, 1.165) is 5.56 Å². The molecule has 10 heteroatoms. The lowest BCUT2D eigenvalue weighted by molar-refractivity contribution is -0.155. The van der Waals surface area contributed by atoms with Crippen molar-refractivity contribution in [2.75, 3.05) is 19.8 Å². The predicted octanol–water partition coefficient (Wildman–Crippen LogP) is 5.14. The van der Waals surface area contributed by atoms with Gasteiger partial charge in [0.2, 0.25) is 5.90 Å². The molecule has 2 aromatic rings. The largest absolute Gasteiger partial charge is 0.494 e. The molecule has 0 aliphatic carbocycles. The first kappa shape index (κ1) is 30.7. The number of nitrogens with one attached hydrogen (secondary N) is 1. The van der Waals surface area contributed by atoms with Gasteiger partial charge in [0, 0.05) is 41.6 Å². The number of aliphatic hydroxyl groups is 1. The summed E-state index contributed by atoms with van der Waals surface area (Å²) in [5.41, 5.74) is -0.439. The van der Waals surface area contributed by atoms with Gasteiger partial charge in [-0.1, -0.05) is 29.3 Å². The molecule has 2 aromatic carbocycles. The fraction of sp³-hybridized carbons (Fsp3) is 0.483. The van der Waals surface area contributed by atoms with Gasteiger partial charge in [-0.15, -0.1) is 0 Å². The summed E-state index contributed by atoms with van der Waals surface area (Å²) in [5, 5.41) is 13.0. The average molecular weight is 580 g/mol. The van der Waals surface area contributed by atoms with E-state index in [2.05, 4.69) is 5.32 Å². The van der Waals surface area contributed by atoms with Crippen molar-refractivity contribution in [2.45, 2.75) is 70.6 Å². The number of esters is 1. The van der Waals surface area contributed by atoms with Gasteiger partial charge in [-0.3, -0.25) is 9.59 Å². The number of hydrogen-bond acceptors (Lipinski definition) is 7. The first-order valence-electron chi connectivity index (χ1n) is 13.0. The Morgan fingerprint density at radius 1 is 1.15 bits per heavy atom. The monoisotopic (exact) mass is 578 g/mol. The SMILES string of the molecule is C[C@H]1OC(c2ccc(OCCCO)cc2)=N[C@@]1(CCC(=O)OC(C)(C)C)C(=O)NCCc1ccc(Cl)cc1Cl. The summed E-state index contributed by atoms with van der Waals surface area (Å²) < 4.78 is 17.1. The van der Waals surface area contributed by atoms with Gasteiger partial charge in [-0.25, -0.2) is 4.99 Å². The van der Waals surface area contributed by atoms with Crippen molar-refractivity contribution in [3.05, 3.63) is 63.6 Å². The van der Waals surface area contributed by atoms with Gasteiger partial charge in [0.15, 0.2) is 5.54 Å². The molecule has 1 aliphatic rings. The first-order valence-corrected chi connectivity index (χ1v) is 13.7. The van der Waals surface area contributed by atoms with Crippen molar-refractivity contribution in [1.82, 2.24) is 5.32 Å². The number of halogens is 2. The minimum absolute atomic E-state index is 0.00415. The molecule has 0 spiro atoms. The van der Waals surface area contributed by atoms with Gasteiger partial charge >= 0.3 is 5.97 Å². The van der Waals surface area contributed by atoms with Crippen molar-refractivity contribution in [2.24, 2.45) is 4.99 Å². The van der Waals surface area contributed by atoms with E-state index in [1.54, 1.807) is 64.1 Å². The third kappa shape index (κ3) is 8.59. The smallest absolute Gasteiger partial charge is 0.306 e. The number of carbonyl (C=O) groups excluding carboxylic acids is 2. The van der Waals surface area contributed by atoms with Gasteiger partial charge < -0.3 is 24.6 Å². The fourth-order valence-electron chi connectivity index (χ4n) is 4.13. The Labute approximate surface area is 239 Å². The molecule has 39 heavy (non-hydrogen) atoms. The van der Waals surface area contributed by atoms with Crippen LogP contribution < -0.4 is 10.1 Å². The summed E-state index contributed by atoms with van der Waals surface area (Å²) >= 11 is 12.3. The highest BCUT2D eigenvalue weighted by molar-refractivity contribution is 6.35. The van der Waals surface area contributed by atoms with Crippen LogP contribution in [0.25, 0.3) is 0 Å².